The number of amides is 2. The minimum Gasteiger partial charge on any atom is -0.352 e. The molecule has 1 heterocycles. The largest absolute Gasteiger partial charge is 0.352 e. The van der Waals surface area contributed by atoms with Crippen LogP contribution in [0, 0.1) is 5.92 Å². The minimum absolute atomic E-state index is 0.0718. The van der Waals surface area contributed by atoms with Crippen molar-refractivity contribution in [2.24, 2.45) is 5.92 Å². The Morgan fingerprint density at radius 3 is 2.61 bits per heavy atom. The van der Waals surface area contributed by atoms with Gasteiger partial charge in [-0.15, -0.1) is 11.3 Å². The summed E-state index contributed by atoms with van der Waals surface area (Å²) < 4.78 is 0. The highest BCUT2D eigenvalue weighted by Crippen LogP contribution is 2.19. The Bertz CT molecular complexity index is 424. The average molecular weight is 266 g/mol. The lowest BCUT2D eigenvalue weighted by molar-refractivity contribution is -0.124. The monoisotopic (exact) mass is 266 g/mol. The molecule has 2 amide bonds. The molecule has 0 bridgehead atoms. The number of nitrogens with one attached hydrogen (secondary N) is 2. The van der Waals surface area contributed by atoms with Crippen molar-refractivity contribution < 1.29 is 9.59 Å². The van der Waals surface area contributed by atoms with Gasteiger partial charge in [0.15, 0.2) is 0 Å². The van der Waals surface area contributed by atoms with Crippen molar-refractivity contribution in [1.82, 2.24) is 10.6 Å². The molecule has 1 aromatic heterocycles. The van der Waals surface area contributed by atoms with Crippen LogP contribution in [0.4, 0.5) is 0 Å². The van der Waals surface area contributed by atoms with E-state index in [9.17, 15) is 9.59 Å². The van der Waals surface area contributed by atoms with Gasteiger partial charge in [0.1, 0.15) is 6.04 Å². The second-order valence-corrected chi connectivity index (χ2v) is 5.90. The lowest BCUT2D eigenvalue weighted by Crippen LogP contribution is -2.50. The third-order valence-corrected chi connectivity index (χ3v) is 3.77. The summed E-state index contributed by atoms with van der Waals surface area (Å²) in [6.45, 7) is 3.87. The fourth-order valence-corrected chi connectivity index (χ4v) is 2.30. The van der Waals surface area contributed by atoms with Crippen LogP contribution in [-0.4, -0.2) is 23.9 Å². The summed E-state index contributed by atoms with van der Waals surface area (Å²) >= 11 is 1.38. The van der Waals surface area contributed by atoms with Crippen molar-refractivity contribution in [1.29, 1.82) is 0 Å². The van der Waals surface area contributed by atoms with E-state index in [0.29, 0.717) is 10.9 Å². The van der Waals surface area contributed by atoms with E-state index >= 15 is 0 Å². The van der Waals surface area contributed by atoms with Crippen LogP contribution in [0.1, 0.15) is 36.4 Å². The van der Waals surface area contributed by atoms with E-state index in [0.717, 1.165) is 12.8 Å². The first-order chi connectivity index (χ1) is 8.58. The molecule has 0 spiro atoms. The van der Waals surface area contributed by atoms with Gasteiger partial charge in [-0.3, -0.25) is 9.59 Å². The van der Waals surface area contributed by atoms with Gasteiger partial charge in [-0.25, -0.2) is 0 Å². The zero-order chi connectivity index (χ0) is 13.1. The number of carbonyl (C=O) groups excluding carboxylic acids is 2. The molecule has 18 heavy (non-hydrogen) atoms. The summed E-state index contributed by atoms with van der Waals surface area (Å²) in [5.41, 5.74) is 0. The summed E-state index contributed by atoms with van der Waals surface area (Å²) in [7, 11) is 0. The summed E-state index contributed by atoms with van der Waals surface area (Å²) in [6.07, 6.45) is 2.10. The van der Waals surface area contributed by atoms with Gasteiger partial charge in [0, 0.05) is 6.04 Å². The van der Waals surface area contributed by atoms with Gasteiger partial charge in [0.25, 0.3) is 5.91 Å². The fourth-order valence-electron chi connectivity index (χ4n) is 1.67. The highest BCUT2D eigenvalue weighted by Gasteiger charge is 2.30. The number of rotatable bonds is 5. The highest BCUT2D eigenvalue weighted by molar-refractivity contribution is 7.12. The van der Waals surface area contributed by atoms with Crippen molar-refractivity contribution in [3.05, 3.63) is 22.4 Å². The van der Waals surface area contributed by atoms with E-state index in [1.807, 2.05) is 25.3 Å². The number of hydrogen-bond donors (Lipinski definition) is 2. The van der Waals surface area contributed by atoms with Crippen molar-refractivity contribution in [2.75, 3.05) is 0 Å². The van der Waals surface area contributed by atoms with Crippen molar-refractivity contribution >= 4 is 23.2 Å². The normalized spacial score (nSPS) is 16.4. The fraction of sp³-hybridized carbons (Fsp3) is 0.538. The molecule has 0 aromatic carbocycles. The lowest BCUT2D eigenvalue weighted by Gasteiger charge is -2.21. The van der Waals surface area contributed by atoms with Crippen LogP contribution in [0.3, 0.4) is 0 Å². The second-order valence-electron chi connectivity index (χ2n) is 4.96. The molecule has 1 saturated carbocycles. The summed E-state index contributed by atoms with van der Waals surface area (Å²) in [5, 5.41) is 7.60. The van der Waals surface area contributed by atoms with Gasteiger partial charge in [-0.1, -0.05) is 19.9 Å². The molecule has 1 fully saturated rings. The minimum atomic E-state index is -0.458. The maximum absolute atomic E-state index is 12.0. The van der Waals surface area contributed by atoms with Crippen LogP contribution in [0.25, 0.3) is 0 Å². The third kappa shape index (κ3) is 3.32. The zero-order valence-corrected chi connectivity index (χ0v) is 11.4. The molecule has 4 nitrogen and oxygen atoms in total. The lowest BCUT2D eigenvalue weighted by atomic mass is 10.0. The molecule has 0 radical (unpaired) electrons. The van der Waals surface area contributed by atoms with Crippen molar-refractivity contribution in [2.45, 2.75) is 38.8 Å². The number of carbonyl (C=O) groups is 2. The highest BCUT2D eigenvalue weighted by atomic mass is 32.1. The Morgan fingerprint density at radius 1 is 1.39 bits per heavy atom. The average Bonchev–Trinajstić information content (AvgIpc) is 2.96. The molecular formula is C13H18N2O2S. The van der Waals surface area contributed by atoms with E-state index in [4.69, 9.17) is 0 Å². The van der Waals surface area contributed by atoms with Gasteiger partial charge in [0.2, 0.25) is 5.91 Å². The zero-order valence-electron chi connectivity index (χ0n) is 10.6. The Labute approximate surface area is 111 Å². The summed E-state index contributed by atoms with van der Waals surface area (Å²) in [5.74, 6) is -0.167. The molecule has 0 unspecified atom stereocenters. The topological polar surface area (TPSA) is 58.2 Å². The molecule has 98 valence electrons. The smallest absolute Gasteiger partial charge is 0.262 e. The van der Waals surface area contributed by atoms with E-state index in [-0.39, 0.29) is 17.7 Å². The first-order valence-corrected chi connectivity index (χ1v) is 7.10. The van der Waals surface area contributed by atoms with Crippen molar-refractivity contribution in [3.63, 3.8) is 0 Å². The summed E-state index contributed by atoms with van der Waals surface area (Å²) in [6, 6.07) is 3.45. The SMILES string of the molecule is CC(C)[C@@H](NC(=O)c1cccs1)C(=O)NC1CC1. The Hall–Kier alpha value is -1.36. The molecule has 1 atom stereocenters. The van der Waals surface area contributed by atoms with Crippen LogP contribution < -0.4 is 10.6 Å². The van der Waals surface area contributed by atoms with E-state index in [2.05, 4.69) is 10.6 Å². The van der Waals surface area contributed by atoms with Crippen molar-refractivity contribution in [3.8, 4) is 0 Å². The molecule has 1 aliphatic carbocycles. The first kappa shape index (κ1) is 13.1. The van der Waals surface area contributed by atoms with Crippen LogP contribution >= 0.6 is 11.3 Å². The van der Waals surface area contributed by atoms with Crippen LogP contribution in [0.2, 0.25) is 0 Å². The van der Waals surface area contributed by atoms with E-state index in [1.54, 1.807) is 6.07 Å². The Balaban J connectivity index is 1.97. The molecule has 1 aliphatic rings. The quantitative estimate of drug-likeness (QED) is 0.853. The van der Waals surface area contributed by atoms with Gasteiger partial charge in [-0.05, 0) is 30.2 Å². The van der Waals surface area contributed by atoms with E-state index < -0.39 is 6.04 Å². The standard InChI is InChI=1S/C13H18N2O2S/c1-8(2)11(13(17)14-9-5-6-9)15-12(16)10-4-3-7-18-10/h3-4,7-9,11H,5-6H2,1-2H3,(H,14,17)(H,15,16)/t11-/m1/s1. The molecule has 2 rings (SSSR count). The molecule has 0 saturated heterocycles. The maximum atomic E-state index is 12.0. The third-order valence-electron chi connectivity index (χ3n) is 2.90. The maximum Gasteiger partial charge on any atom is 0.262 e. The van der Waals surface area contributed by atoms with Gasteiger partial charge in [0.05, 0.1) is 4.88 Å². The van der Waals surface area contributed by atoms with Gasteiger partial charge in [-0.2, -0.15) is 0 Å². The molecule has 0 aliphatic heterocycles. The first-order valence-electron chi connectivity index (χ1n) is 6.22. The molecule has 2 N–H and O–H groups in total. The van der Waals surface area contributed by atoms with E-state index in [1.165, 1.54) is 11.3 Å². The van der Waals surface area contributed by atoms with Crippen LogP contribution in [-0.2, 0) is 4.79 Å². The summed E-state index contributed by atoms with van der Waals surface area (Å²) in [4.78, 5) is 24.6. The Kier molecular flexibility index (Phi) is 4.01. The predicted molar refractivity (Wildman–Crippen MR) is 71.6 cm³/mol. The Morgan fingerprint density at radius 2 is 2.11 bits per heavy atom. The molecular weight excluding hydrogens is 248 g/mol. The second kappa shape index (κ2) is 5.52. The van der Waals surface area contributed by atoms with Gasteiger partial charge < -0.3 is 10.6 Å². The predicted octanol–water partition coefficient (Wildman–Crippen LogP) is 1.78. The van der Waals surface area contributed by atoms with Crippen LogP contribution in [0.15, 0.2) is 17.5 Å². The van der Waals surface area contributed by atoms with Crippen LogP contribution in [0.5, 0.6) is 0 Å². The van der Waals surface area contributed by atoms with Gasteiger partial charge >= 0.3 is 0 Å². The number of thiophene rings is 1. The number of hydrogen-bond acceptors (Lipinski definition) is 3. The molecule has 5 heteroatoms. The molecule has 1 aromatic rings.